The molecule has 1 aliphatic rings. The standard InChI is InChI=1S/C9H19N3O3S/c1-2-8(5-10)16(14,15)12-4-3-7(6-12)9(11)13/h7-8H,2-6,10H2,1H3,(H2,11,13). The van der Waals surface area contributed by atoms with Crippen LogP contribution in [0.5, 0.6) is 0 Å². The fourth-order valence-corrected chi connectivity index (χ4v) is 3.73. The van der Waals surface area contributed by atoms with E-state index >= 15 is 0 Å². The largest absolute Gasteiger partial charge is 0.369 e. The highest BCUT2D eigenvalue weighted by molar-refractivity contribution is 7.89. The van der Waals surface area contributed by atoms with Gasteiger partial charge >= 0.3 is 0 Å². The van der Waals surface area contributed by atoms with E-state index < -0.39 is 21.2 Å². The molecule has 1 saturated heterocycles. The van der Waals surface area contributed by atoms with Crippen molar-refractivity contribution in [2.24, 2.45) is 17.4 Å². The molecule has 1 amide bonds. The first kappa shape index (κ1) is 13.4. The number of primary amides is 1. The van der Waals surface area contributed by atoms with Crippen LogP contribution in [0.2, 0.25) is 0 Å². The molecule has 0 saturated carbocycles. The van der Waals surface area contributed by atoms with Crippen molar-refractivity contribution in [3.8, 4) is 0 Å². The maximum absolute atomic E-state index is 12.1. The Labute approximate surface area is 96.0 Å². The van der Waals surface area contributed by atoms with Crippen molar-refractivity contribution in [2.45, 2.75) is 25.0 Å². The van der Waals surface area contributed by atoms with Gasteiger partial charge in [-0.15, -0.1) is 0 Å². The Bertz CT molecular complexity index is 351. The van der Waals surface area contributed by atoms with Gasteiger partial charge in [0.25, 0.3) is 0 Å². The molecular weight excluding hydrogens is 230 g/mol. The van der Waals surface area contributed by atoms with Gasteiger partial charge in [0.2, 0.25) is 15.9 Å². The average molecular weight is 249 g/mol. The molecule has 2 atom stereocenters. The summed E-state index contributed by atoms with van der Waals surface area (Å²) in [4.78, 5) is 11.0. The van der Waals surface area contributed by atoms with Crippen LogP contribution >= 0.6 is 0 Å². The van der Waals surface area contributed by atoms with E-state index in [-0.39, 0.29) is 19.0 Å². The lowest BCUT2D eigenvalue weighted by atomic mass is 10.1. The highest BCUT2D eigenvalue weighted by Crippen LogP contribution is 2.22. The summed E-state index contributed by atoms with van der Waals surface area (Å²) < 4.78 is 25.5. The molecule has 0 aromatic heterocycles. The number of hydrogen-bond acceptors (Lipinski definition) is 4. The van der Waals surface area contributed by atoms with Gasteiger partial charge in [0.1, 0.15) is 0 Å². The molecule has 0 aliphatic carbocycles. The monoisotopic (exact) mass is 249 g/mol. The number of carbonyl (C=O) groups is 1. The number of nitrogens with zero attached hydrogens (tertiary/aromatic N) is 1. The van der Waals surface area contributed by atoms with Gasteiger partial charge in [-0.3, -0.25) is 4.79 Å². The predicted octanol–water partition coefficient (Wildman–Crippen LogP) is -1.14. The van der Waals surface area contributed by atoms with Gasteiger partial charge in [-0.25, -0.2) is 12.7 Å². The van der Waals surface area contributed by atoms with Crippen molar-refractivity contribution in [2.75, 3.05) is 19.6 Å². The molecule has 4 N–H and O–H groups in total. The van der Waals surface area contributed by atoms with Crippen LogP contribution in [0.1, 0.15) is 19.8 Å². The molecule has 1 rings (SSSR count). The third-order valence-electron chi connectivity index (χ3n) is 3.05. The zero-order chi connectivity index (χ0) is 12.3. The normalized spacial score (nSPS) is 24.5. The minimum Gasteiger partial charge on any atom is -0.369 e. The molecular formula is C9H19N3O3S. The van der Waals surface area contributed by atoms with Gasteiger partial charge in [-0.1, -0.05) is 6.92 Å². The molecule has 1 fully saturated rings. The predicted molar refractivity (Wildman–Crippen MR) is 60.9 cm³/mol. The summed E-state index contributed by atoms with van der Waals surface area (Å²) in [6, 6.07) is 0. The number of hydrogen-bond donors (Lipinski definition) is 2. The van der Waals surface area contributed by atoms with Gasteiger partial charge in [0.15, 0.2) is 0 Å². The molecule has 1 heterocycles. The van der Waals surface area contributed by atoms with E-state index in [4.69, 9.17) is 11.5 Å². The molecule has 16 heavy (non-hydrogen) atoms. The van der Waals surface area contributed by atoms with Crippen LogP contribution in [0.4, 0.5) is 0 Å². The van der Waals surface area contributed by atoms with Crippen molar-refractivity contribution in [1.82, 2.24) is 4.31 Å². The summed E-state index contributed by atoms with van der Waals surface area (Å²) in [5.74, 6) is -0.788. The zero-order valence-electron chi connectivity index (χ0n) is 9.43. The van der Waals surface area contributed by atoms with Gasteiger partial charge in [-0.2, -0.15) is 0 Å². The van der Waals surface area contributed by atoms with E-state index in [1.165, 1.54) is 4.31 Å². The Morgan fingerprint density at radius 1 is 1.56 bits per heavy atom. The minimum atomic E-state index is -3.37. The number of amides is 1. The van der Waals surface area contributed by atoms with E-state index in [9.17, 15) is 13.2 Å². The summed E-state index contributed by atoms with van der Waals surface area (Å²) in [6.45, 7) is 2.47. The molecule has 0 bridgehead atoms. The Kier molecular flexibility index (Phi) is 4.28. The Hall–Kier alpha value is -0.660. The summed E-state index contributed by atoms with van der Waals surface area (Å²) in [5, 5.41) is -0.556. The first-order valence-electron chi connectivity index (χ1n) is 5.41. The minimum absolute atomic E-state index is 0.108. The van der Waals surface area contributed by atoms with Crippen molar-refractivity contribution in [1.29, 1.82) is 0 Å². The second-order valence-corrected chi connectivity index (χ2v) is 6.27. The van der Waals surface area contributed by atoms with E-state index in [0.29, 0.717) is 19.4 Å². The van der Waals surface area contributed by atoms with Crippen molar-refractivity contribution < 1.29 is 13.2 Å². The second-order valence-electron chi connectivity index (χ2n) is 4.06. The van der Waals surface area contributed by atoms with Crippen LogP contribution in [0.15, 0.2) is 0 Å². The lowest BCUT2D eigenvalue weighted by Crippen LogP contribution is -2.41. The average Bonchev–Trinajstić information content (AvgIpc) is 2.68. The number of sulfonamides is 1. The lowest BCUT2D eigenvalue weighted by molar-refractivity contribution is -0.121. The van der Waals surface area contributed by atoms with Gasteiger partial charge in [-0.05, 0) is 12.8 Å². The van der Waals surface area contributed by atoms with E-state index in [1.54, 1.807) is 6.92 Å². The molecule has 0 aromatic carbocycles. The maximum atomic E-state index is 12.1. The van der Waals surface area contributed by atoms with Crippen LogP contribution in [-0.4, -0.2) is 43.5 Å². The number of rotatable bonds is 5. The Balaban J connectivity index is 2.76. The number of nitrogens with two attached hydrogens (primary N) is 2. The maximum Gasteiger partial charge on any atom is 0.221 e. The summed E-state index contributed by atoms with van der Waals surface area (Å²) in [5.41, 5.74) is 10.6. The highest BCUT2D eigenvalue weighted by Gasteiger charge is 2.37. The SMILES string of the molecule is CCC(CN)S(=O)(=O)N1CCC(C(N)=O)C1. The molecule has 6 nitrogen and oxygen atoms in total. The summed E-state index contributed by atoms with van der Waals surface area (Å²) >= 11 is 0. The van der Waals surface area contributed by atoms with Gasteiger partial charge in [0.05, 0.1) is 11.2 Å². The molecule has 0 radical (unpaired) electrons. The summed E-state index contributed by atoms with van der Waals surface area (Å²) in [7, 11) is -3.37. The number of carbonyl (C=O) groups excluding carboxylic acids is 1. The van der Waals surface area contributed by atoms with Crippen LogP contribution in [0.3, 0.4) is 0 Å². The fraction of sp³-hybridized carbons (Fsp3) is 0.889. The van der Waals surface area contributed by atoms with E-state index in [0.717, 1.165) is 0 Å². The molecule has 7 heteroatoms. The quantitative estimate of drug-likeness (QED) is 0.642. The molecule has 0 aromatic rings. The third-order valence-corrected chi connectivity index (χ3v) is 5.47. The highest BCUT2D eigenvalue weighted by atomic mass is 32.2. The fourth-order valence-electron chi connectivity index (χ4n) is 1.90. The van der Waals surface area contributed by atoms with Gasteiger partial charge in [0, 0.05) is 19.6 Å². The first-order chi connectivity index (χ1) is 7.43. The first-order valence-corrected chi connectivity index (χ1v) is 6.92. The van der Waals surface area contributed by atoms with E-state index in [1.807, 2.05) is 0 Å². The summed E-state index contributed by atoms with van der Waals surface area (Å²) in [6.07, 6.45) is 0.992. The van der Waals surface area contributed by atoms with Crippen molar-refractivity contribution in [3.63, 3.8) is 0 Å². The van der Waals surface area contributed by atoms with Crippen LogP contribution < -0.4 is 11.5 Å². The third kappa shape index (κ3) is 2.53. The zero-order valence-corrected chi connectivity index (χ0v) is 10.2. The van der Waals surface area contributed by atoms with Crippen molar-refractivity contribution in [3.05, 3.63) is 0 Å². The van der Waals surface area contributed by atoms with E-state index in [2.05, 4.69) is 0 Å². The topological polar surface area (TPSA) is 106 Å². The second kappa shape index (κ2) is 5.11. The van der Waals surface area contributed by atoms with Gasteiger partial charge < -0.3 is 11.5 Å². The Morgan fingerprint density at radius 2 is 2.19 bits per heavy atom. The lowest BCUT2D eigenvalue weighted by Gasteiger charge is -2.22. The van der Waals surface area contributed by atoms with Crippen LogP contribution in [0, 0.1) is 5.92 Å². The van der Waals surface area contributed by atoms with Crippen molar-refractivity contribution >= 4 is 15.9 Å². The molecule has 1 aliphatic heterocycles. The van der Waals surface area contributed by atoms with Crippen LogP contribution in [-0.2, 0) is 14.8 Å². The molecule has 2 unspecified atom stereocenters. The van der Waals surface area contributed by atoms with Crippen LogP contribution in [0.25, 0.3) is 0 Å². The Morgan fingerprint density at radius 3 is 2.56 bits per heavy atom. The smallest absolute Gasteiger partial charge is 0.221 e. The molecule has 94 valence electrons. The molecule has 0 spiro atoms.